The fraction of sp³-hybridized carbons (Fsp3) is 0.385. The molecule has 0 aromatic heterocycles. The van der Waals surface area contributed by atoms with E-state index in [-0.39, 0.29) is 16.2 Å². The molecule has 0 heterocycles. The third kappa shape index (κ3) is 3.95. The van der Waals surface area contributed by atoms with Crippen LogP contribution in [0.4, 0.5) is 0 Å². The number of ether oxygens (including phenoxy) is 1. The lowest BCUT2D eigenvalue weighted by atomic mass is 10.1. The van der Waals surface area contributed by atoms with Gasteiger partial charge in [0, 0.05) is 0 Å². The van der Waals surface area contributed by atoms with Crippen LogP contribution in [0.15, 0.2) is 23.1 Å². The van der Waals surface area contributed by atoms with Crippen LogP contribution in [0.2, 0.25) is 0 Å². The minimum atomic E-state index is -4.18. The van der Waals surface area contributed by atoms with Crippen molar-refractivity contribution in [3.63, 3.8) is 0 Å². The summed E-state index contributed by atoms with van der Waals surface area (Å²) in [4.78, 5) is 21.8. The minimum Gasteiger partial charge on any atom is -0.496 e. The Morgan fingerprint density at radius 3 is 2.23 bits per heavy atom. The predicted molar refractivity (Wildman–Crippen MR) is 76.5 cm³/mol. The number of carbonyl (C=O) groups is 2. The largest absolute Gasteiger partial charge is 0.496 e. The van der Waals surface area contributed by atoms with Crippen molar-refractivity contribution in [3.05, 3.63) is 23.8 Å². The summed E-state index contributed by atoms with van der Waals surface area (Å²) in [6.45, 7) is 3.11. The maximum Gasteiger partial charge on any atom is 0.339 e. The molecule has 9 heteroatoms. The first-order valence-corrected chi connectivity index (χ1v) is 7.75. The Labute approximate surface area is 127 Å². The summed E-state index contributed by atoms with van der Waals surface area (Å²) in [5, 5.41) is 18.1. The SMILES string of the molecule is COc1ccc(S(=O)(=O)N[C@@H](C(=O)O)C(C)C)cc1C(=O)O. The molecule has 0 aliphatic heterocycles. The van der Waals surface area contributed by atoms with Crippen LogP contribution >= 0.6 is 0 Å². The Morgan fingerprint density at radius 1 is 1.23 bits per heavy atom. The van der Waals surface area contributed by atoms with Crippen LogP contribution in [0, 0.1) is 5.92 Å². The average Bonchev–Trinajstić information content (AvgIpc) is 2.43. The molecule has 1 aromatic rings. The van der Waals surface area contributed by atoms with E-state index in [1.807, 2.05) is 0 Å². The van der Waals surface area contributed by atoms with Gasteiger partial charge in [0.05, 0.1) is 12.0 Å². The van der Waals surface area contributed by atoms with Gasteiger partial charge in [0.1, 0.15) is 17.4 Å². The molecule has 1 rings (SSSR count). The molecular formula is C13H17NO7S. The van der Waals surface area contributed by atoms with E-state index in [1.54, 1.807) is 13.8 Å². The Hall–Kier alpha value is -2.13. The van der Waals surface area contributed by atoms with Gasteiger partial charge in [-0.3, -0.25) is 4.79 Å². The van der Waals surface area contributed by atoms with Crippen molar-refractivity contribution < 1.29 is 33.0 Å². The lowest BCUT2D eigenvalue weighted by Gasteiger charge is -2.18. The van der Waals surface area contributed by atoms with Crippen molar-refractivity contribution in [1.82, 2.24) is 4.72 Å². The molecule has 0 aliphatic carbocycles. The maximum atomic E-state index is 12.2. The van der Waals surface area contributed by atoms with Gasteiger partial charge in [0.25, 0.3) is 0 Å². The second-order valence-electron chi connectivity index (χ2n) is 4.85. The Bertz CT molecular complexity index is 682. The van der Waals surface area contributed by atoms with E-state index >= 15 is 0 Å². The highest BCUT2D eigenvalue weighted by Crippen LogP contribution is 2.23. The fourth-order valence-corrected chi connectivity index (χ4v) is 3.09. The summed E-state index contributed by atoms with van der Waals surface area (Å²) in [6.07, 6.45) is 0. The van der Waals surface area contributed by atoms with Gasteiger partial charge >= 0.3 is 11.9 Å². The molecule has 0 spiro atoms. The van der Waals surface area contributed by atoms with E-state index in [0.29, 0.717) is 0 Å². The monoisotopic (exact) mass is 331 g/mol. The topological polar surface area (TPSA) is 130 Å². The zero-order valence-electron chi connectivity index (χ0n) is 12.2. The summed E-state index contributed by atoms with van der Waals surface area (Å²) in [5.41, 5.74) is -0.332. The highest BCUT2D eigenvalue weighted by molar-refractivity contribution is 7.89. The Balaban J connectivity index is 3.26. The normalized spacial score (nSPS) is 12.9. The van der Waals surface area contributed by atoms with Crippen LogP contribution in [-0.4, -0.2) is 43.7 Å². The highest BCUT2D eigenvalue weighted by atomic mass is 32.2. The molecule has 0 fully saturated rings. The summed E-state index contributed by atoms with van der Waals surface area (Å²) in [5.74, 6) is -3.15. The van der Waals surface area contributed by atoms with Gasteiger partial charge < -0.3 is 14.9 Å². The van der Waals surface area contributed by atoms with Crippen LogP contribution in [0.5, 0.6) is 5.75 Å². The lowest BCUT2D eigenvalue weighted by molar-refractivity contribution is -0.140. The molecule has 0 bridgehead atoms. The van der Waals surface area contributed by atoms with Crippen molar-refractivity contribution in [2.75, 3.05) is 7.11 Å². The first-order valence-electron chi connectivity index (χ1n) is 6.26. The van der Waals surface area contributed by atoms with Crippen LogP contribution in [0.1, 0.15) is 24.2 Å². The average molecular weight is 331 g/mol. The minimum absolute atomic E-state index is 0.00472. The molecule has 0 aliphatic rings. The Morgan fingerprint density at radius 2 is 1.82 bits per heavy atom. The molecule has 22 heavy (non-hydrogen) atoms. The number of nitrogens with one attached hydrogen (secondary N) is 1. The second kappa shape index (κ2) is 6.75. The molecule has 8 nitrogen and oxygen atoms in total. The van der Waals surface area contributed by atoms with Gasteiger partial charge in [0.15, 0.2) is 0 Å². The number of carboxylic acids is 2. The molecule has 0 radical (unpaired) electrons. The molecule has 1 aromatic carbocycles. The molecule has 0 saturated heterocycles. The quantitative estimate of drug-likeness (QED) is 0.673. The van der Waals surface area contributed by atoms with Crippen molar-refractivity contribution >= 4 is 22.0 Å². The second-order valence-corrected chi connectivity index (χ2v) is 6.56. The molecule has 122 valence electrons. The zero-order chi connectivity index (χ0) is 17.1. The maximum absolute atomic E-state index is 12.2. The van der Waals surface area contributed by atoms with Crippen LogP contribution in [0.25, 0.3) is 0 Å². The Kier molecular flexibility index (Phi) is 5.50. The standard InChI is InChI=1S/C13H17NO7S/c1-7(2)11(13(17)18)14-22(19,20)8-4-5-10(21-3)9(6-8)12(15)16/h4-7,11,14H,1-3H3,(H,15,16)(H,17,18)/t11-/m1/s1. The van der Waals surface area contributed by atoms with Crippen LogP contribution in [0.3, 0.4) is 0 Å². The summed E-state index contributed by atoms with van der Waals surface area (Å²) >= 11 is 0. The molecule has 1 atom stereocenters. The van der Waals surface area contributed by atoms with E-state index in [0.717, 1.165) is 12.1 Å². The third-order valence-electron chi connectivity index (χ3n) is 2.93. The summed E-state index contributed by atoms with van der Waals surface area (Å²) in [7, 11) is -2.92. The van der Waals surface area contributed by atoms with Gasteiger partial charge in [-0.15, -0.1) is 0 Å². The number of hydrogen-bond acceptors (Lipinski definition) is 5. The van der Waals surface area contributed by atoms with Crippen LogP contribution in [-0.2, 0) is 14.8 Å². The number of benzene rings is 1. The number of methoxy groups -OCH3 is 1. The van der Waals surface area contributed by atoms with Gasteiger partial charge in [-0.05, 0) is 24.1 Å². The molecular weight excluding hydrogens is 314 g/mol. The van der Waals surface area contributed by atoms with Crippen molar-refractivity contribution in [1.29, 1.82) is 0 Å². The molecule has 0 amide bonds. The van der Waals surface area contributed by atoms with E-state index in [9.17, 15) is 18.0 Å². The highest BCUT2D eigenvalue weighted by Gasteiger charge is 2.29. The molecule has 0 saturated carbocycles. The van der Waals surface area contributed by atoms with E-state index in [2.05, 4.69) is 4.72 Å². The lowest BCUT2D eigenvalue weighted by Crippen LogP contribution is -2.44. The summed E-state index contributed by atoms with van der Waals surface area (Å²) in [6, 6.07) is 1.94. The van der Waals surface area contributed by atoms with Crippen molar-refractivity contribution in [2.45, 2.75) is 24.8 Å². The molecule has 3 N–H and O–H groups in total. The number of hydrogen-bond donors (Lipinski definition) is 3. The van der Waals surface area contributed by atoms with Crippen molar-refractivity contribution in [3.8, 4) is 5.75 Å². The fourth-order valence-electron chi connectivity index (χ4n) is 1.73. The van der Waals surface area contributed by atoms with Gasteiger partial charge in [-0.2, -0.15) is 4.72 Å². The smallest absolute Gasteiger partial charge is 0.339 e. The van der Waals surface area contributed by atoms with Crippen molar-refractivity contribution in [2.24, 2.45) is 5.92 Å². The van der Waals surface area contributed by atoms with E-state index in [1.165, 1.54) is 13.2 Å². The predicted octanol–water partition coefficient (Wildman–Crippen LogP) is 0.781. The van der Waals surface area contributed by atoms with E-state index in [4.69, 9.17) is 14.9 Å². The van der Waals surface area contributed by atoms with Gasteiger partial charge in [0.2, 0.25) is 10.0 Å². The van der Waals surface area contributed by atoms with Gasteiger partial charge in [-0.25, -0.2) is 13.2 Å². The van der Waals surface area contributed by atoms with E-state index < -0.39 is 33.9 Å². The number of aromatic carboxylic acids is 1. The van der Waals surface area contributed by atoms with Crippen LogP contribution < -0.4 is 9.46 Å². The van der Waals surface area contributed by atoms with Gasteiger partial charge in [-0.1, -0.05) is 13.8 Å². The summed E-state index contributed by atoms with van der Waals surface area (Å²) < 4.78 is 31.3. The number of rotatable bonds is 7. The first-order chi connectivity index (χ1) is 10.1. The molecule has 0 unspecified atom stereocenters. The number of carboxylic acid groups (broad SMARTS) is 2. The zero-order valence-corrected chi connectivity index (χ0v) is 13.0. The first kappa shape index (κ1) is 17.9. The number of sulfonamides is 1. The number of aliphatic carboxylic acids is 1. The third-order valence-corrected chi connectivity index (χ3v) is 4.37.